The molecule has 0 aliphatic heterocycles. The molecule has 5 heteroatoms. The number of fused-ring (bicyclic) bond motifs is 1. The highest BCUT2D eigenvalue weighted by atomic mass is 19.1. The Morgan fingerprint density at radius 2 is 1.65 bits per heavy atom. The maximum Gasteiger partial charge on any atom is 0.131 e. The molecule has 2 nitrogen and oxygen atoms in total. The number of benzene rings is 2. The van der Waals surface area contributed by atoms with Gasteiger partial charge in [0, 0.05) is 29.8 Å². The van der Waals surface area contributed by atoms with Crippen molar-refractivity contribution in [2.75, 3.05) is 0 Å². The van der Waals surface area contributed by atoms with E-state index in [4.69, 9.17) is 0 Å². The third kappa shape index (κ3) is 1.86. The number of hydrogen-bond donors (Lipinski definition) is 0. The third-order valence-corrected chi connectivity index (χ3v) is 3.32. The average molecular weight is 276 g/mol. The SMILES string of the molecule is Cc1c(F)cc(-c2c(F)ccc3nn(C)cc23)cc1F. The summed E-state index contributed by atoms with van der Waals surface area (Å²) in [6.45, 7) is 1.34. The predicted molar refractivity (Wildman–Crippen MR) is 70.8 cm³/mol. The van der Waals surface area contributed by atoms with E-state index in [1.165, 1.54) is 23.7 Å². The largest absolute Gasteiger partial charge is 0.275 e. The van der Waals surface area contributed by atoms with E-state index < -0.39 is 17.5 Å². The molecule has 0 aliphatic rings. The fourth-order valence-corrected chi connectivity index (χ4v) is 2.27. The molecule has 3 rings (SSSR count). The van der Waals surface area contributed by atoms with Gasteiger partial charge in [0.2, 0.25) is 0 Å². The summed E-state index contributed by atoms with van der Waals surface area (Å²) in [7, 11) is 1.71. The van der Waals surface area contributed by atoms with E-state index in [1.807, 2.05) is 0 Å². The second-order valence-electron chi connectivity index (χ2n) is 4.72. The van der Waals surface area contributed by atoms with E-state index in [9.17, 15) is 13.2 Å². The first-order valence-electron chi connectivity index (χ1n) is 6.05. The summed E-state index contributed by atoms with van der Waals surface area (Å²) in [5.41, 5.74) is 0.827. The number of nitrogens with zero attached hydrogens (tertiary/aromatic N) is 2. The molecule has 1 heterocycles. The van der Waals surface area contributed by atoms with E-state index in [0.29, 0.717) is 10.9 Å². The van der Waals surface area contributed by atoms with Gasteiger partial charge in [-0.25, -0.2) is 13.2 Å². The van der Waals surface area contributed by atoms with Crippen LogP contribution in [0.1, 0.15) is 5.56 Å². The molecular weight excluding hydrogens is 265 g/mol. The normalized spacial score (nSPS) is 11.2. The average Bonchev–Trinajstić information content (AvgIpc) is 2.75. The van der Waals surface area contributed by atoms with Crippen LogP contribution in [0.5, 0.6) is 0 Å². The molecule has 0 fully saturated rings. The zero-order valence-corrected chi connectivity index (χ0v) is 10.9. The van der Waals surface area contributed by atoms with E-state index in [0.717, 1.165) is 12.1 Å². The van der Waals surface area contributed by atoms with Crippen LogP contribution >= 0.6 is 0 Å². The first-order chi connectivity index (χ1) is 9.47. The third-order valence-electron chi connectivity index (χ3n) is 3.32. The molecule has 1 aromatic heterocycles. The van der Waals surface area contributed by atoms with Crippen LogP contribution in [0.4, 0.5) is 13.2 Å². The Morgan fingerprint density at radius 3 is 2.30 bits per heavy atom. The van der Waals surface area contributed by atoms with Gasteiger partial charge in [-0.3, -0.25) is 4.68 Å². The van der Waals surface area contributed by atoms with Gasteiger partial charge >= 0.3 is 0 Å². The fourth-order valence-electron chi connectivity index (χ4n) is 2.27. The molecule has 20 heavy (non-hydrogen) atoms. The Labute approximate surface area is 113 Å². The summed E-state index contributed by atoms with van der Waals surface area (Å²) < 4.78 is 43.0. The van der Waals surface area contributed by atoms with Gasteiger partial charge in [0.1, 0.15) is 17.5 Å². The van der Waals surface area contributed by atoms with Crippen molar-refractivity contribution in [1.82, 2.24) is 9.78 Å². The standard InChI is InChI=1S/C15H11F3N2/c1-8-12(17)5-9(6-13(8)18)15-10-7-20(2)19-14(10)4-3-11(15)16/h3-7H,1-2H3. The minimum absolute atomic E-state index is 0.0764. The van der Waals surface area contributed by atoms with Crippen molar-refractivity contribution in [3.63, 3.8) is 0 Å². The van der Waals surface area contributed by atoms with Gasteiger partial charge in [-0.15, -0.1) is 0 Å². The van der Waals surface area contributed by atoms with Crippen LogP contribution in [0.3, 0.4) is 0 Å². The molecule has 0 saturated heterocycles. The lowest BCUT2D eigenvalue weighted by Gasteiger charge is -2.07. The highest BCUT2D eigenvalue weighted by molar-refractivity contribution is 5.94. The zero-order valence-electron chi connectivity index (χ0n) is 10.9. The Kier molecular flexibility index (Phi) is 2.78. The van der Waals surface area contributed by atoms with Gasteiger partial charge in [-0.2, -0.15) is 5.10 Å². The van der Waals surface area contributed by atoms with Crippen LogP contribution in [0.2, 0.25) is 0 Å². The molecule has 0 radical (unpaired) electrons. The molecule has 0 unspecified atom stereocenters. The van der Waals surface area contributed by atoms with Crippen molar-refractivity contribution in [3.8, 4) is 11.1 Å². The van der Waals surface area contributed by atoms with Crippen molar-refractivity contribution in [2.24, 2.45) is 7.05 Å². The maximum atomic E-state index is 14.1. The monoisotopic (exact) mass is 276 g/mol. The Balaban J connectivity index is 2.36. The summed E-state index contributed by atoms with van der Waals surface area (Å²) in [4.78, 5) is 0. The molecule has 0 bridgehead atoms. The van der Waals surface area contributed by atoms with E-state index in [1.54, 1.807) is 13.2 Å². The molecule has 0 amide bonds. The van der Waals surface area contributed by atoms with Crippen molar-refractivity contribution in [1.29, 1.82) is 0 Å². The minimum Gasteiger partial charge on any atom is -0.275 e. The number of rotatable bonds is 1. The lowest BCUT2D eigenvalue weighted by Crippen LogP contribution is -1.93. The van der Waals surface area contributed by atoms with Gasteiger partial charge in [-0.05, 0) is 36.8 Å². The highest BCUT2D eigenvalue weighted by Crippen LogP contribution is 2.32. The number of halogens is 3. The highest BCUT2D eigenvalue weighted by Gasteiger charge is 2.15. The summed E-state index contributed by atoms with van der Waals surface area (Å²) in [6.07, 6.45) is 1.63. The molecular formula is C15H11F3N2. The van der Waals surface area contributed by atoms with Gasteiger partial charge in [0.15, 0.2) is 0 Å². The lowest BCUT2D eigenvalue weighted by atomic mass is 9.99. The molecule has 102 valence electrons. The second-order valence-corrected chi connectivity index (χ2v) is 4.72. The number of aromatic nitrogens is 2. The molecule has 0 atom stereocenters. The van der Waals surface area contributed by atoms with Crippen LogP contribution < -0.4 is 0 Å². The van der Waals surface area contributed by atoms with Crippen LogP contribution in [-0.4, -0.2) is 9.78 Å². The van der Waals surface area contributed by atoms with Crippen molar-refractivity contribution in [2.45, 2.75) is 6.92 Å². The molecule has 0 spiro atoms. The number of aryl methyl sites for hydroxylation is 1. The number of hydrogen-bond acceptors (Lipinski definition) is 1. The predicted octanol–water partition coefficient (Wildman–Crippen LogP) is 3.97. The molecule has 0 aliphatic carbocycles. The van der Waals surface area contributed by atoms with Gasteiger partial charge in [0.05, 0.1) is 5.52 Å². The van der Waals surface area contributed by atoms with Crippen LogP contribution in [0.15, 0.2) is 30.5 Å². The van der Waals surface area contributed by atoms with Crippen LogP contribution in [0, 0.1) is 24.4 Å². The molecule has 0 saturated carbocycles. The van der Waals surface area contributed by atoms with Crippen molar-refractivity contribution in [3.05, 3.63) is 53.5 Å². The topological polar surface area (TPSA) is 17.8 Å². The summed E-state index contributed by atoms with van der Waals surface area (Å²) in [5.74, 6) is -1.92. The molecule has 0 N–H and O–H groups in total. The summed E-state index contributed by atoms with van der Waals surface area (Å²) in [5, 5.41) is 4.69. The second kappa shape index (κ2) is 4.37. The van der Waals surface area contributed by atoms with Gasteiger partial charge in [0.25, 0.3) is 0 Å². The van der Waals surface area contributed by atoms with E-state index in [-0.39, 0.29) is 16.7 Å². The quantitative estimate of drug-likeness (QED) is 0.657. The minimum atomic E-state index is -0.694. The van der Waals surface area contributed by atoms with E-state index >= 15 is 0 Å². The molecule has 3 aromatic rings. The van der Waals surface area contributed by atoms with Crippen LogP contribution in [-0.2, 0) is 7.05 Å². The smallest absolute Gasteiger partial charge is 0.131 e. The van der Waals surface area contributed by atoms with Crippen molar-refractivity contribution >= 4 is 10.9 Å². The fraction of sp³-hybridized carbons (Fsp3) is 0.133. The summed E-state index contributed by atoms with van der Waals surface area (Å²) in [6, 6.07) is 5.07. The van der Waals surface area contributed by atoms with E-state index in [2.05, 4.69) is 5.10 Å². The Hall–Kier alpha value is -2.30. The Bertz CT molecular complexity index is 798. The van der Waals surface area contributed by atoms with Crippen molar-refractivity contribution < 1.29 is 13.2 Å². The van der Waals surface area contributed by atoms with Gasteiger partial charge in [-0.1, -0.05) is 0 Å². The zero-order chi connectivity index (χ0) is 14.4. The maximum absolute atomic E-state index is 14.1. The first-order valence-corrected chi connectivity index (χ1v) is 6.05. The van der Waals surface area contributed by atoms with Crippen LogP contribution in [0.25, 0.3) is 22.0 Å². The Morgan fingerprint density at radius 1 is 1.00 bits per heavy atom. The first kappa shape index (κ1) is 12.7. The summed E-state index contributed by atoms with van der Waals surface area (Å²) >= 11 is 0. The molecule has 2 aromatic carbocycles. The lowest BCUT2D eigenvalue weighted by molar-refractivity contribution is 0.568. The van der Waals surface area contributed by atoms with Gasteiger partial charge < -0.3 is 0 Å².